The fourth-order valence-corrected chi connectivity index (χ4v) is 5.25. The lowest BCUT2D eigenvalue weighted by atomic mass is 10.1. The molecule has 0 saturated carbocycles. The summed E-state index contributed by atoms with van der Waals surface area (Å²) < 4.78 is 33.2. The summed E-state index contributed by atoms with van der Waals surface area (Å²) in [5, 5.41) is 14.5. The van der Waals surface area contributed by atoms with Crippen molar-refractivity contribution in [1.29, 1.82) is 0 Å². The predicted octanol–water partition coefficient (Wildman–Crippen LogP) is 5.38. The van der Waals surface area contributed by atoms with Crippen molar-refractivity contribution in [3.8, 4) is 11.5 Å². The minimum Gasteiger partial charge on any atom is -0.506 e. The molecule has 0 amide bonds. The summed E-state index contributed by atoms with van der Waals surface area (Å²) in [6.07, 6.45) is 0. The van der Waals surface area contributed by atoms with Gasteiger partial charge in [0.25, 0.3) is 5.56 Å². The lowest BCUT2D eigenvalue weighted by molar-refractivity contribution is 0.305. The normalized spacial score (nSPS) is 15.0. The molecular weight excluding hydrogens is 492 g/mol. The highest BCUT2D eigenvalue weighted by Gasteiger charge is 2.31. The van der Waals surface area contributed by atoms with Gasteiger partial charge in [0.2, 0.25) is 0 Å². The molecule has 192 valence electrons. The first-order valence-corrected chi connectivity index (χ1v) is 13.3. The van der Waals surface area contributed by atoms with Gasteiger partial charge in [-0.25, -0.2) is 4.68 Å². The number of benzene rings is 3. The lowest BCUT2D eigenvalue weighted by Gasteiger charge is -2.34. The molecule has 3 aromatic carbocycles. The highest BCUT2D eigenvalue weighted by molar-refractivity contribution is 8.23. The van der Waals surface area contributed by atoms with E-state index >= 15 is 0 Å². The van der Waals surface area contributed by atoms with Crippen molar-refractivity contribution < 1.29 is 18.9 Å². The number of anilines is 1. The second-order valence-corrected chi connectivity index (χ2v) is 10.8. The molecule has 5 rings (SSSR count). The predicted molar refractivity (Wildman–Crippen MR) is 147 cm³/mol. The summed E-state index contributed by atoms with van der Waals surface area (Å²) in [4.78, 5) is 13.7. The number of pyridine rings is 1. The molecule has 0 atom stereocenters. The number of nitrogens with one attached hydrogen (secondary N) is 2. The molecule has 37 heavy (non-hydrogen) atoms. The van der Waals surface area contributed by atoms with Gasteiger partial charge >= 0.3 is 0 Å². The third kappa shape index (κ3) is 4.86. The molecule has 1 aliphatic heterocycles. The minimum atomic E-state index is -3.70. The number of aromatic hydroxyl groups is 1. The summed E-state index contributed by atoms with van der Waals surface area (Å²) in [6.45, 7) is 4.85. The molecule has 0 spiro atoms. The summed E-state index contributed by atoms with van der Waals surface area (Å²) in [5.41, 5.74) is 4.21. The van der Waals surface area contributed by atoms with Crippen LogP contribution in [0.25, 0.3) is 10.9 Å². The number of nitrogens with zero attached hydrogens (tertiary/aromatic N) is 2. The van der Waals surface area contributed by atoms with Crippen LogP contribution in [0.4, 0.5) is 5.69 Å². The zero-order valence-corrected chi connectivity index (χ0v) is 21.2. The second kappa shape index (κ2) is 9.81. The van der Waals surface area contributed by atoms with Gasteiger partial charge in [-0.2, -0.15) is 0 Å². The van der Waals surface area contributed by atoms with E-state index in [1.165, 1.54) is 10.7 Å². The number of aromatic nitrogens is 1. The average molecular weight is 521 g/mol. The lowest BCUT2D eigenvalue weighted by Crippen LogP contribution is -2.37. The van der Waals surface area contributed by atoms with Gasteiger partial charge in [-0.05, 0) is 35.7 Å². The van der Waals surface area contributed by atoms with Gasteiger partial charge in [0.05, 0.1) is 11.2 Å². The molecule has 0 saturated heterocycles. The van der Waals surface area contributed by atoms with Crippen molar-refractivity contribution in [3.05, 3.63) is 94.3 Å². The molecule has 2 heterocycles. The van der Waals surface area contributed by atoms with E-state index in [4.69, 9.17) is 4.74 Å². The molecular formula is C27H28N4O5S. The zero-order chi connectivity index (χ0) is 26.2. The van der Waals surface area contributed by atoms with E-state index in [9.17, 15) is 19.0 Å². The summed E-state index contributed by atoms with van der Waals surface area (Å²) in [7, 11) is -3.70. The molecule has 0 aliphatic carbocycles. The van der Waals surface area contributed by atoms with Crippen LogP contribution in [0.15, 0.2) is 86.9 Å². The Morgan fingerprint density at radius 3 is 2.54 bits per heavy atom. The number of ether oxygens (including phenoxy) is 1. The number of para-hydroxylation sites is 1. The Kier molecular flexibility index (Phi) is 6.55. The molecule has 0 fully saturated rings. The first-order valence-electron chi connectivity index (χ1n) is 11.8. The minimum absolute atomic E-state index is 0.126. The molecule has 0 bridgehead atoms. The van der Waals surface area contributed by atoms with Gasteiger partial charge in [-0.15, -0.1) is 4.40 Å². The molecule has 0 radical (unpaired) electrons. The van der Waals surface area contributed by atoms with Crippen LogP contribution in [0.2, 0.25) is 0 Å². The first-order chi connectivity index (χ1) is 17.7. The van der Waals surface area contributed by atoms with Crippen molar-refractivity contribution in [3.63, 3.8) is 0 Å². The van der Waals surface area contributed by atoms with Gasteiger partial charge in [0.15, 0.2) is 5.84 Å². The van der Waals surface area contributed by atoms with Gasteiger partial charge in [0.1, 0.15) is 28.6 Å². The van der Waals surface area contributed by atoms with E-state index < -0.39 is 16.3 Å². The van der Waals surface area contributed by atoms with Gasteiger partial charge in [-0.3, -0.25) is 13.9 Å². The first kappa shape index (κ1) is 24.7. The highest BCUT2D eigenvalue weighted by atomic mass is 32.3. The molecule has 5 N–H and O–H groups in total. The Balaban J connectivity index is 1.53. The number of rotatable bonds is 7. The molecule has 10 heteroatoms. The van der Waals surface area contributed by atoms with Crippen molar-refractivity contribution in [2.24, 2.45) is 10.3 Å². The van der Waals surface area contributed by atoms with Crippen LogP contribution < -0.4 is 21.0 Å². The average Bonchev–Trinajstić information content (AvgIpc) is 2.88. The van der Waals surface area contributed by atoms with E-state index in [2.05, 4.69) is 15.1 Å². The Morgan fingerprint density at radius 1 is 1.05 bits per heavy atom. The van der Waals surface area contributed by atoms with E-state index in [1.54, 1.807) is 36.4 Å². The fourth-order valence-electron chi connectivity index (χ4n) is 4.07. The van der Waals surface area contributed by atoms with Crippen LogP contribution >= 0.6 is 10.8 Å². The van der Waals surface area contributed by atoms with E-state index in [1.807, 2.05) is 44.2 Å². The number of amidine groups is 1. The van der Waals surface area contributed by atoms with Gasteiger partial charge < -0.3 is 20.6 Å². The Morgan fingerprint density at radius 2 is 1.78 bits per heavy atom. The van der Waals surface area contributed by atoms with Crippen LogP contribution in [0, 0.1) is 5.92 Å². The number of hydrogen-bond acceptors (Lipinski definition) is 8. The third-order valence-electron chi connectivity index (χ3n) is 5.92. The topological polar surface area (TPSA) is 128 Å². The fraction of sp³-hybridized carbons (Fsp3) is 0.185. The second-order valence-electron chi connectivity index (χ2n) is 9.15. The smallest absolute Gasteiger partial charge is 0.284 e. The van der Waals surface area contributed by atoms with Crippen molar-refractivity contribution >= 4 is 33.2 Å². The quantitative estimate of drug-likeness (QED) is 0.221. The Hall–Kier alpha value is -3.99. The zero-order valence-electron chi connectivity index (χ0n) is 20.4. The number of hydrogen-bond donors (Lipinski definition) is 5. The van der Waals surface area contributed by atoms with Crippen LogP contribution in [0.5, 0.6) is 11.5 Å². The van der Waals surface area contributed by atoms with E-state index in [-0.39, 0.29) is 28.0 Å². The van der Waals surface area contributed by atoms with Crippen LogP contribution in [-0.4, -0.2) is 31.3 Å². The van der Waals surface area contributed by atoms with Crippen LogP contribution in [0.3, 0.4) is 0 Å². The molecule has 1 aromatic heterocycles. The van der Waals surface area contributed by atoms with Crippen molar-refractivity contribution in [1.82, 2.24) is 4.68 Å². The van der Waals surface area contributed by atoms with Crippen molar-refractivity contribution in [2.45, 2.75) is 25.3 Å². The molecule has 4 aromatic rings. The highest BCUT2D eigenvalue weighted by Crippen LogP contribution is 2.56. The Labute approximate surface area is 215 Å². The summed E-state index contributed by atoms with van der Waals surface area (Å²) in [5.74, 6) is 0.275. The van der Waals surface area contributed by atoms with E-state index in [0.717, 1.165) is 5.56 Å². The Bertz CT molecular complexity index is 1550. The number of fused-ring (bicyclic) bond motifs is 2. The van der Waals surface area contributed by atoms with E-state index in [0.29, 0.717) is 35.5 Å². The van der Waals surface area contributed by atoms with Gasteiger partial charge in [-0.1, -0.05) is 67.1 Å². The van der Waals surface area contributed by atoms with Gasteiger partial charge in [0, 0.05) is 18.0 Å². The maximum absolute atomic E-state index is 13.6. The third-order valence-corrected chi connectivity index (χ3v) is 7.28. The standard InChI is InChI=1S/C27H28N4O5S/c1-17(2)15-28-31-22-11-7-6-10-20(22)25(32)24(27(31)33)26-29-21-13-12-19(14-23(21)37(34,35)30-26)36-16-18-8-4-3-5-9-18/h3-14,17,28,32,34-35H,15-16H2,1-2H3,(H,29,30). The monoisotopic (exact) mass is 520 g/mol. The maximum Gasteiger partial charge on any atom is 0.284 e. The summed E-state index contributed by atoms with van der Waals surface area (Å²) in [6, 6.07) is 21.4. The van der Waals surface area contributed by atoms with Crippen LogP contribution in [-0.2, 0) is 6.61 Å². The summed E-state index contributed by atoms with van der Waals surface area (Å²) >= 11 is 0. The largest absolute Gasteiger partial charge is 0.506 e. The maximum atomic E-state index is 13.6. The molecule has 0 unspecified atom stereocenters. The van der Waals surface area contributed by atoms with Crippen LogP contribution in [0.1, 0.15) is 25.0 Å². The molecule has 1 aliphatic rings. The SMILES string of the molecule is CC(C)CNn1c(=O)c(C2=NS(O)(O)c3cc(OCc4ccccc4)ccc3N2)c(O)c2ccccc21. The van der Waals surface area contributed by atoms with Crippen molar-refractivity contribution in [2.75, 3.05) is 17.3 Å². The molecule has 9 nitrogen and oxygen atoms in total.